The van der Waals surface area contributed by atoms with Crippen molar-refractivity contribution < 1.29 is 4.92 Å². The topological polar surface area (TPSA) is 55.2 Å². The number of nitro benzene ring substituents is 1. The predicted octanol–water partition coefficient (Wildman–Crippen LogP) is 5.21. The Bertz CT molecular complexity index is 677. The van der Waals surface area contributed by atoms with Crippen LogP contribution in [-0.4, -0.2) is 11.5 Å². The zero-order valence-corrected chi connectivity index (χ0v) is 13.0. The molecule has 0 spiro atoms. The standard InChI is InChI=1S/C14H11Cl3N2O2/c15-10-5-4-9(12(17)8-10)6-7-18-14-11(16)2-1-3-13(14)19(20)21/h1-5,8,18H,6-7H2. The van der Waals surface area contributed by atoms with E-state index in [1.54, 1.807) is 24.3 Å². The molecule has 110 valence electrons. The Kier molecular flexibility index (Phi) is 5.28. The van der Waals surface area contributed by atoms with Gasteiger partial charge in [0.05, 0.1) is 9.95 Å². The Morgan fingerprint density at radius 2 is 1.86 bits per heavy atom. The molecule has 0 aliphatic carbocycles. The van der Waals surface area contributed by atoms with Crippen molar-refractivity contribution in [3.8, 4) is 0 Å². The molecule has 0 aromatic heterocycles. The summed E-state index contributed by atoms with van der Waals surface area (Å²) in [7, 11) is 0. The second-order valence-corrected chi connectivity index (χ2v) is 5.55. The first-order valence-corrected chi connectivity index (χ1v) is 7.23. The minimum Gasteiger partial charge on any atom is -0.378 e. The predicted molar refractivity (Wildman–Crippen MR) is 86.8 cm³/mol. The number of nitrogens with zero attached hydrogens (tertiary/aromatic N) is 1. The van der Waals surface area contributed by atoms with Crippen LogP contribution in [0.1, 0.15) is 5.56 Å². The van der Waals surface area contributed by atoms with Gasteiger partial charge >= 0.3 is 0 Å². The molecule has 0 aliphatic rings. The van der Waals surface area contributed by atoms with Crippen LogP contribution in [-0.2, 0) is 6.42 Å². The van der Waals surface area contributed by atoms with Gasteiger partial charge in [-0.15, -0.1) is 0 Å². The van der Waals surface area contributed by atoms with Gasteiger partial charge in [-0.1, -0.05) is 46.9 Å². The molecule has 0 bridgehead atoms. The number of halogens is 3. The molecular weight excluding hydrogens is 335 g/mol. The quantitative estimate of drug-likeness (QED) is 0.598. The number of hydrogen-bond acceptors (Lipinski definition) is 3. The highest BCUT2D eigenvalue weighted by Gasteiger charge is 2.16. The van der Waals surface area contributed by atoms with E-state index in [9.17, 15) is 10.1 Å². The number of nitro groups is 1. The van der Waals surface area contributed by atoms with Crippen molar-refractivity contribution >= 4 is 46.2 Å². The zero-order chi connectivity index (χ0) is 15.4. The maximum atomic E-state index is 11.0. The fourth-order valence-electron chi connectivity index (χ4n) is 1.89. The van der Waals surface area contributed by atoms with Crippen LogP contribution in [0.2, 0.25) is 15.1 Å². The van der Waals surface area contributed by atoms with Crippen LogP contribution in [0.15, 0.2) is 36.4 Å². The number of nitrogens with one attached hydrogen (secondary N) is 1. The van der Waals surface area contributed by atoms with Gasteiger partial charge in [-0.05, 0) is 30.2 Å². The van der Waals surface area contributed by atoms with Crippen LogP contribution < -0.4 is 5.32 Å². The summed E-state index contributed by atoms with van der Waals surface area (Å²) in [5.74, 6) is 0. The molecule has 2 rings (SSSR count). The molecule has 1 N–H and O–H groups in total. The highest BCUT2D eigenvalue weighted by molar-refractivity contribution is 6.35. The van der Waals surface area contributed by atoms with Crippen LogP contribution in [0.4, 0.5) is 11.4 Å². The largest absolute Gasteiger partial charge is 0.378 e. The third kappa shape index (κ3) is 4.00. The lowest BCUT2D eigenvalue weighted by Gasteiger charge is -2.10. The Balaban J connectivity index is 2.09. The lowest BCUT2D eigenvalue weighted by atomic mass is 10.1. The molecule has 2 aromatic rings. The Labute approximate surface area is 136 Å². The second-order valence-electron chi connectivity index (χ2n) is 4.30. The van der Waals surface area contributed by atoms with E-state index >= 15 is 0 Å². The summed E-state index contributed by atoms with van der Waals surface area (Å²) in [5.41, 5.74) is 1.17. The lowest BCUT2D eigenvalue weighted by molar-refractivity contribution is -0.383. The summed E-state index contributed by atoms with van der Waals surface area (Å²) < 4.78 is 0. The zero-order valence-electron chi connectivity index (χ0n) is 10.8. The molecule has 2 aromatic carbocycles. The summed E-state index contributed by atoms with van der Waals surface area (Å²) in [5, 5.41) is 15.4. The molecule has 0 saturated carbocycles. The van der Waals surface area contributed by atoms with E-state index in [-0.39, 0.29) is 5.69 Å². The SMILES string of the molecule is O=[N+]([O-])c1cccc(Cl)c1NCCc1ccc(Cl)cc1Cl. The minimum atomic E-state index is -0.469. The number of benzene rings is 2. The van der Waals surface area contributed by atoms with Gasteiger partial charge in [0.2, 0.25) is 0 Å². The van der Waals surface area contributed by atoms with E-state index in [1.165, 1.54) is 6.07 Å². The third-order valence-corrected chi connectivity index (χ3v) is 3.80. The number of hydrogen-bond donors (Lipinski definition) is 1. The molecule has 0 aliphatic heterocycles. The van der Waals surface area contributed by atoms with Crippen molar-refractivity contribution in [3.05, 3.63) is 67.1 Å². The van der Waals surface area contributed by atoms with E-state index in [4.69, 9.17) is 34.8 Å². The fourth-order valence-corrected chi connectivity index (χ4v) is 2.63. The van der Waals surface area contributed by atoms with Gasteiger partial charge in [0, 0.05) is 22.7 Å². The van der Waals surface area contributed by atoms with Gasteiger partial charge in [0.25, 0.3) is 5.69 Å². The third-order valence-electron chi connectivity index (χ3n) is 2.90. The fraction of sp³-hybridized carbons (Fsp3) is 0.143. The lowest BCUT2D eigenvalue weighted by Crippen LogP contribution is -2.07. The van der Waals surface area contributed by atoms with Crippen molar-refractivity contribution in [1.82, 2.24) is 0 Å². The average molecular weight is 346 g/mol. The van der Waals surface area contributed by atoms with Crippen LogP contribution in [0.25, 0.3) is 0 Å². The molecule has 0 saturated heterocycles. The van der Waals surface area contributed by atoms with Crippen molar-refractivity contribution in [2.45, 2.75) is 6.42 Å². The molecule has 0 amide bonds. The number of anilines is 1. The van der Waals surface area contributed by atoms with Crippen molar-refractivity contribution in [2.75, 3.05) is 11.9 Å². The first-order valence-electron chi connectivity index (χ1n) is 6.09. The number of para-hydroxylation sites is 1. The maximum Gasteiger partial charge on any atom is 0.293 e. The number of rotatable bonds is 5. The summed E-state index contributed by atoms with van der Waals surface area (Å²) in [6.07, 6.45) is 0.596. The molecule has 7 heteroatoms. The van der Waals surface area contributed by atoms with Gasteiger partial charge in [-0.3, -0.25) is 10.1 Å². The molecule has 21 heavy (non-hydrogen) atoms. The van der Waals surface area contributed by atoms with Gasteiger partial charge < -0.3 is 5.32 Å². The van der Waals surface area contributed by atoms with Crippen molar-refractivity contribution in [3.63, 3.8) is 0 Å². The molecule has 4 nitrogen and oxygen atoms in total. The Hall–Kier alpha value is -1.49. The van der Waals surface area contributed by atoms with Crippen LogP contribution in [0, 0.1) is 10.1 Å². The van der Waals surface area contributed by atoms with E-state index in [0.29, 0.717) is 33.7 Å². The summed E-state index contributed by atoms with van der Waals surface area (Å²) in [6.45, 7) is 0.464. The highest BCUT2D eigenvalue weighted by atomic mass is 35.5. The monoisotopic (exact) mass is 344 g/mol. The van der Waals surface area contributed by atoms with Crippen molar-refractivity contribution in [2.24, 2.45) is 0 Å². The smallest absolute Gasteiger partial charge is 0.293 e. The highest BCUT2D eigenvalue weighted by Crippen LogP contribution is 2.32. The van der Waals surface area contributed by atoms with E-state index < -0.39 is 4.92 Å². The first-order chi connectivity index (χ1) is 9.99. The average Bonchev–Trinajstić information content (AvgIpc) is 2.42. The van der Waals surface area contributed by atoms with E-state index in [2.05, 4.69) is 5.32 Å². The second kappa shape index (κ2) is 6.98. The molecule has 0 unspecified atom stereocenters. The molecule has 0 fully saturated rings. The van der Waals surface area contributed by atoms with Gasteiger partial charge in [-0.2, -0.15) is 0 Å². The molecular formula is C14H11Cl3N2O2. The van der Waals surface area contributed by atoms with Crippen LogP contribution in [0.5, 0.6) is 0 Å². The Morgan fingerprint density at radius 1 is 1.10 bits per heavy atom. The van der Waals surface area contributed by atoms with Gasteiger partial charge in [-0.25, -0.2) is 0 Å². The first kappa shape index (κ1) is 15.9. The molecule has 0 radical (unpaired) electrons. The normalized spacial score (nSPS) is 10.4. The summed E-state index contributed by atoms with van der Waals surface area (Å²) in [6, 6.07) is 9.79. The van der Waals surface area contributed by atoms with Gasteiger partial charge in [0.15, 0.2) is 0 Å². The Morgan fingerprint density at radius 3 is 2.52 bits per heavy atom. The van der Waals surface area contributed by atoms with Crippen LogP contribution >= 0.6 is 34.8 Å². The van der Waals surface area contributed by atoms with E-state index in [0.717, 1.165) is 5.56 Å². The minimum absolute atomic E-state index is 0.0512. The maximum absolute atomic E-state index is 11.0. The summed E-state index contributed by atoms with van der Waals surface area (Å²) in [4.78, 5) is 10.5. The molecule has 0 heterocycles. The van der Waals surface area contributed by atoms with Crippen LogP contribution in [0.3, 0.4) is 0 Å². The van der Waals surface area contributed by atoms with Crippen molar-refractivity contribution in [1.29, 1.82) is 0 Å². The molecule has 0 atom stereocenters. The van der Waals surface area contributed by atoms with E-state index in [1.807, 2.05) is 6.07 Å². The van der Waals surface area contributed by atoms with Gasteiger partial charge in [0.1, 0.15) is 5.69 Å². The summed E-state index contributed by atoms with van der Waals surface area (Å²) >= 11 is 17.9.